The third-order valence-corrected chi connectivity index (χ3v) is 28.2. The number of piperazine rings is 2. The first kappa shape index (κ1) is 92.4. The highest BCUT2D eigenvalue weighted by atomic mass is 35.5. The summed E-state index contributed by atoms with van der Waals surface area (Å²) in [7, 11) is 0. The number of nitrogens with zero attached hydrogens (tertiary/aromatic N) is 6. The summed E-state index contributed by atoms with van der Waals surface area (Å²) in [5, 5.41) is 18.6. The van der Waals surface area contributed by atoms with Gasteiger partial charge in [-0.2, -0.15) is 0 Å². The minimum absolute atomic E-state index is 0.0475. The molecule has 6 aliphatic rings. The van der Waals surface area contributed by atoms with Crippen molar-refractivity contribution in [2.24, 2.45) is 10.8 Å². The highest BCUT2D eigenvalue weighted by Crippen LogP contribution is 2.46. The van der Waals surface area contributed by atoms with Crippen molar-refractivity contribution in [1.82, 2.24) is 35.6 Å². The van der Waals surface area contributed by atoms with Gasteiger partial charge >= 0.3 is 6.09 Å². The lowest BCUT2D eigenvalue weighted by Gasteiger charge is -2.41. The number of hydrogen-bond donors (Lipinski definition) is 5. The zero-order valence-electron chi connectivity index (χ0n) is 73.9. The lowest BCUT2D eigenvalue weighted by Crippen LogP contribution is -2.47. The zero-order valence-corrected chi connectivity index (χ0v) is 77.0. The van der Waals surface area contributed by atoms with Crippen LogP contribution >= 0.6 is 46.7 Å². The first-order chi connectivity index (χ1) is 59.5. The molecule has 14 rings (SSSR count). The molecule has 123 heavy (non-hydrogen) atoms. The second-order valence-electron chi connectivity index (χ2n) is 36.1. The number of alkyl carbamates (subject to hydrolysis) is 1. The number of carbonyl (C=O) groups is 3. The second-order valence-corrected chi connectivity index (χ2v) is 39.1. The van der Waals surface area contributed by atoms with E-state index >= 15 is 0 Å². The minimum atomic E-state index is -0.535. The maximum atomic E-state index is 13.4. The Morgan fingerprint density at radius 3 is 1.27 bits per heavy atom. The van der Waals surface area contributed by atoms with Crippen molar-refractivity contribution in [3.05, 3.63) is 260 Å². The van der Waals surface area contributed by atoms with Gasteiger partial charge in [-0.3, -0.25) is 29.2 Å². The Bertz CT molecular complexity index is 4760. The lowest BCUT2D eigenvalue weighted by molar-refractivity contribution is 0.0370. The lowest BCUT2D eigenvalue weighted by atomic mass is 9.70. The Balaban J connectivity index is 0.000000213. The van der Waals surface area contributed by atoms with E-state index < -0.39 is 5.60 Å². The molecule has 2 aliphatic carbocycles. The quantitative estimate of drug-likeness (QED) is 0.0247. The summed E-state index contributed by atoms with van der Waals surface area (Å²) >= 11 is 16.3. The summed E-state index contributed by atoms with van der Waals surface area (Å²) < 4.78 is 16.7. The number of benzene rings is 8. The summed E-state index contributed by atoms with van der Waals surface area (Å²) in [5.41, 5.74) is 18.7. The van der Waals surface area contributed by atoms with Gasteiger partial charge in [-0.25, -0.2) is 4.79 Å². The molecule has 4 heterocycles. The SMILES string of the molecule is CCC1(C)CCC(c2ccc(Cl)cc2)=C(CN2CCN(c3ccc(C(=O)NCc4ccc(N[C@H](CCN5CCOCC5)CSc5ccccc5)c(C)c4)cc3)CC2)C1.Cc1cc(CNC(=O)c2ccc(N3CCN(CC4=C(c5ccc(Cl)cc5)CCC(C)(CNC(=O)OC(C)(C)C)C4)CC3)cc2)ccc1N[C@H](CCN1CCOCC1)CSc1ccccc1. The molecule has 3 amide bonds. The van der Waals surface area contributed by atoms with Crippen LogP contribution in [0.1, 0.15) is 153 Å². The summed E-state index contributed by atoms with van der Waals surface area (Å²) in [4.78, 5) is 56.8. The second kappa shape index (κ2) is 45.2. The van der Waals surface area contributed by atoms with E-state index in [2.05, 4.69) is 236 Å². The van der Waals surface area contributed by atoms with Gasteiger partial charge in [-0.1, -0.05) is 146 Å². The van der Waals surface area contributed by atoms with Crippen LogP contribution in [0, 0.1) is 24.7 Å². The van der Waals surface area contributed by atoms with Crippen LogP contribution in [0.4, 0.5) is 27.5 Å². The molecule has 4 fully saturated rings. The van der Waals surface area contributed by atoms with E-state index in [0.717, 1.165) is 219 Å². The number of nitrogens with one attached hydrogen (secondary N) is 5. The number of thioether (sulfide) groups is 2. The van der Waals surface area contributed by atoms with E-state index in [9.17, 15) is 14.4 Å². The molecule has 4 aliphatic heterocycles. The smallest absolute Gasteiger partial charge is 0.407 e. The van der Waals surface area contributed by atoms with Crippen molar-refractivity contribution < 1.29 is 28.6 Å². The highest BCUT2D eigenvalue weighted by molar-refractivity contribution is 7.99. The van der Waals surface area contributed by atoms with Gasteiger partial charge in [0.1, 0.15) is 5.60 Å². The van der Waals surface area contributed by atoms with Crippen LogP contribution in [0.15, 0.2) is 215 Å². The van der Waals surface area contributed by atoms with Crippen molar-refractivity contribution in [3.63, 3.8) is 0 Å². The fraction of sp³-hybridized carbons (Fsp3) is 0.461. The molecule has 4 saturated heterocycles. The standard InChI is InChI=1S/C53H69ClN6O4S.C49H62ClN5O2S/c1-39-33-40(11-20-49(39)57-45(22-24-58-29-31-63-32-30-58)37-65-47-9-7-6-8-10-47)35-55-50(61)42-14-18-46(19-15-42)60-27-25-59(26-28-60)36-43-34-53(5,38-56-51(62)64-52(2,3)4)23-21-48(43)41-12-16-44(54)17-13-41;1-4-49(3)22-20-46(39-11-15-42(50)16-12-39)41(33-49)35-54-24-26-55(27-25-54)44-17-13-40(14-18-44)48(56)51-34-38-10-19-47(37(2)32-38)52-43(21-23-53-28-30-57-31-29-53)36-58-45-8-6-5-7-9-45/h6-20,33,45,57H,21-32,34-38H2,1-5H3,(H,55,61)(H,56,62);5-19,32,43,52H,4,20-31,33-36H2,1-3H3,(H,51,56)/t45-,53?;43-,49?/m11/s1. The first-order valence-electron chi connectivity index (χ1n) is 44.8. The molecule has 17 nitrogen and oxygen atoms in total. The molecule has 8 aromatic carbocycles. The summed E-state index contributed by atoms with van der Waals surface area (Å²) in [6.07, 6.45) is 9.32. The van der Waals surface area contributed by atoms with E-state index in [1.54, 1.807) is 5.57 Å². The van der Waals surface area contributed by atoms with Gasteiger partial charge in [0.25, 0.3) is 11.8 Å². The average Bonchev–Trinajstić information content (AvgIpc) is 0.793. The van der Waals surface area contributed by atoms with Crippen LogP contribution in [0.3, 0.4) is 0 Å². The van der Waals surface area contributed by atoms with Crippen LogP contribution in [-0.4, -0.2) is 204 Å². The Labute approximate surface area is 751 Å². The maximum Gasteiger partial charge on any atom is 0.407 e. The fourth-order valence-electron chi connectivity index (χ4n) is 17.6. The third kappa shape index (κ3) is 28.3. The third-order valence-electron chi connectivity index (χ3n) is 25.3. The predicted molar refractivity (Wildman–Crippen MR) is 513 cm³/mol. The van der Waals surface area contributed by atoms with Crippen LogP contribution in [0.2, 0.25) is 10.0 Å². The van der Waals surface area contributed by atoms with Gasteiger partial charge in [0.05, 0.1) is 26.4 Å². The van der Waals surface area contributed by atoms with Crippen molar-refractivity contribution >= 4 is 98.5 Å². The monoisotopic (exact) mass is 1740 g/mol. The Hall–Kier alpha value is -8.31. The van der Waals surface area contributed by atoms with E-state index in [1.807, 2.05) is 92.8 Å². The largest absolute Gasteiger partial charge is 0.444 e. The molecule has 21 heteroatoms. The van der Waals surface area contributed by atoms with E-state index in [4.69, 9.17) is 37.4 Å². The summed E-state index contributed by atoms with van der Waals surface area (Å²) in [6.45, 7) is 37.5. The first-order valence-corrected chi connectivity index (χ1v) is 47.5. The highest BCUT2D eigenvalue weighted by Gasteiger charge is 2.36. The van der Waals surface area contributed by atoms with Crippen LogP contribution < -0.4 is 36.4 Å². The summed E-state index contributed by atoms with van der Waals surface area (Å²) in [6, 6.07) is 67.7. The van der Waals surface area contributed by atoms with Gasteiger partial charge in [-0.05, 0) is 251 Å². The number of amides is 3. The van der Waals surface area contributed by atoms with Crippen molar-refractivity contribution in [2.75, 3.05) is 170 Å². The minimum Gasteiger partial charge on any atom is -0.444 e. The van der Waals surface area contributed by atoms with Gasteiger partial charge in [0.2, 0.25) is 0 Å². The van der Waals surface area contributed by atoms with Gasteiger partial charge in [0, 0.05) is 202 Å². The number of anilines is 4. The molecule has 0 aromatic heterocycles. The number of morpholine rings is 2. The van der Waals surface area contributed by atoms with Crippen LogP contribution in [-0.2, 0) is 27.3 Å². The molecule has 5 N–H and O–H groups in total. The van der Waals surface area contributed by atoms with Crippen LogP contribution in [0.25, 0.3) is 11.1 Å². The maximum absolute atomic E-state index is 13.4. The molecule has 0 saturated carbocycles. The molecule has 656 valence electrons. The molecule has 0 radical (unpaired) electrons. The Morgan fingerprint density at radius 2 is 0.878 bits per heavy atom. The van der Waals surface area contributed by atoms with Gasteiger partial charge in [-0.15, -0.1) is 23.5 Å². The Morgan fingerprint density at radius 1 is 0.480 bits per heavy atom. The molecule has 0 bridgehead atoms. The number of halogens is 2. The van der Waals surface area contributed by atoms with Crippen molar-refractivity contribution in [3.8, 4) is 0 Å². The van der Waals surface area contributed by atoms with Crippen molar-refractivity contribution in [2.45, 2.75) is 154 Å². The number of ether oxygens (including phenoxy) is 3. The molecule has 4 atom stereocenters. The molecule has 0 spiro atoms. The zero-order chi connectivity index (χ0) is 86.1. The topological polar surface area (TPSA) is 158 Å². The normalized spacial score (nSPS) is 19.5. The fourth-order valence-corrected chi connectivity index (χ4v) is 19.9. The van der Waals surface area contributed by atoms with E-state index in [0.29, 0.717) is 48.3 Å². The average molecular weight is 1740 g/mol. The number of allylic oxidation sites excluding steroid dienone is 2. The van der Waals surface area contributed by atoms with E-state index in [1.165, 1.54) is 73.7 Å². The number of carbonyl (C=O) groups excluding carboxylic acids is 3. The van der Waals surface area contributed by atoms with Crippen LogP contribution in [0.5, 0.6) is 0 Å². The van der Waals surface area contributed by atoms with Gasteiger partial charge < -0.3 is 50.6 Å². The predicted octanol–water partition coefficient (Wildman–Crippen LogP) is 20.2. The number of hydrogen-bond acceptors (Lipinski definition) is 16. The number of aryl methyl sites for hydroxylation is 2. The summed E-state index contributed by atoms with van der Waals surface area (Å²) in [5.74, 6) is 1.84. The molecule has 8 aromatic rings. The van der Waals surface area contributed by atoms with E-state index in [-0.39, 0.29) is 23.3 Å². The van der Waals surface area contributed by atoms with Gasteiger partial charge in [0.15, 0.2) is 0 Å². The van der Waals surface area contributed by atoms with Crippen molar-refractivity contribution in [1.29, 1.82) is 0 Å². The molecule has 2 unspecified atom stereocenters. The molecular weight excluding hydrogens is 1610 g/mol. The molecular formula is C102H131Cl2N11O6S2. The number of rotatable bonds is 33. The Kier molecular flexibility index (Phi) is 34.0.